The van der Waals surface area contributed by atoms with Gasteiger partial charge in [0.1, 0.15) is 11.6 Å². The third-order valence-corrected chi connectivity index (χ3v) is 3.39. The third kappa shape index (κ3) is 2.92. The predicted octanol–water partition coefficient (Wildman–Crippen LogP) is 4.49. The van der Waals surface area contributed by atoms with Crippen molar-refractivity contribution in [2.24, 2.45) is 0 Å². The van der Waals surface area contributed by atoms with Crippen molar-refractivity contribution >= 4 is 34.8 Å². The van der Waals surface area contributed by atoms with E-state index >= 15 is 0 Å². The molecule has 1 heterocycles. The molecular formula is C14H9Cl2FO3. The smallest absolute Gasteiger partial charge is 0.174 e. The van der Waals surface area contributed by atoms with E-state index in [0.29, 0.717) is 11.3 Å². The van der Waals surface area contributed by atoms with Crippen molar-refractivity contribution in [1.29, 1.82) is 0 Å². The van der Waals surface area contributed by atoms with Gasteiger partial charge in [-0.2, -0.15) is 0 Å². The Balaban J connectivity index is 2.23. The van der Waals surface area contributed by atoms with Crippen LogP contribution in [0.3, 0.4) is 0 Å². The first-order valence-corrected chi connectivity index (χ1v) is 6.40. The fourth-order valence-electron chi connectivity index (χ4n) is 1.75. The van der Waals surface area contributed by atoms with Crippen LogP contribution >= 0.6 is 23.2 Å². The Morgan fingerprint density at radius 3 is 2.40 bits per heavy atom. The highest BCUT2D eigenvalue weighted by atomic mass is 35.5. The monoisotopic (exact) mass is 314 g/mol. The second-order valence-corrected chi connectivity index (χ2v) is 4.97. The van der Waals surface area contributed by atoms with E-state index in [1.807, 2.05) is 0 Å². The second-order valence-electron chi connectivity index (χ2n) is 4.16. The van der Waals surface area contributed by atoms with Crippen molar-refractivity contribution in [1.82, 2.24) is 0 Å². The zero-order valence-electron chi connectivity index (χ0n) is 10.4. The van der Waals surface area contributed by atoms with Gasteiger partial charge < -0.3 is 4.42 Å². The maximum absolute atomic E-state index is 13.4. The fourth-order valence-corrected chi connectivity index (χ4v) is 2.24. The molecule has 20 heavy (non-hydrogen) atoms. The maximum atomic E-state index is 13.4. The quantitative estimate of drug-likeness (QED) is 0.474. The summed E-state index contributed by atoms with van der Waals surface area (Å²) in [5.74, 6) is -1.31. The number of carbonyl (C=O) groups excluding carboxylic acids is 2. The van der Waals surface area contributed by atoms with Crippen LogP contribution in [0.15, 0.2) is 28.9 Å². The molecule has 0 aliphatic carbocycles. The van der Waals surface area contributed by atoms with E-state index in [1.54, 1.807) is 6.92 Å². The number of aryl methyl sites for hydroxylation is 1. The molecule has 2 aromatic rings. The summed E-state index contributed by atoms with van der Waals surface area (Å²) in [4.78, 5) is 23.9. The van der Waals surface area contributed by atoms with Gasteiger partial charge in [-0.15, -0.1) is 0 Å². The molecule has 0 spiro atoms. The van der Waals surface area contributed by atoms with Crippen molar-refractivity contribution in [2.45, 2.75) is 13.3 Å². The van der Waals surface area contributed by atoms with Crippen LogP contribution in [0.5, 0.6) is 0 Å². The zero-order valence-corrected chi connectivity index (χ0v) is 11.9. The maximum Gasteiger partial charge on any atom is 0.174 e. The first-order valence-electron chi connectivity index (χ1n) is 5.65. The van der Waals surface area contributed by atoms with Gasteiger partial charge in [-0.05, 0) is 25.1 Å². The molecule has 6 heteroatoms. The first kappa shape index (κ1) is 14.8. The summed E-state index contributed by atoms with van der Waals surface area (Å²) in [5.41, 5.74) is 0.256. The van der Waals surface area contributed by atoms with E-state index in [2.05, 4.69) is 0 Å². The molecule has 104 valence electrons. The normalized spacial score (nSPS) is 10.6. The minimum atomic E-state index is -0.758. The lowest BCUT2D eigenvalue weighted by molar-refractivity contribution is 0.0893. The molecule has 3 nitrogen and oxygen atoms in total. The highest BCUT2D eigenvalue weighted by Gasteiger charge is 2.20. The molecule has 0 radical (unpaired) electrons. The van der Waals surface area contributed by atoms with Crippen LogP contribution in [0.25, 0.3) is 0 Å². The Morgan fingerprint density at radius 2 is 1.80 bits per heavy atom. The number of rotatable bonds is 4. The third-order valence-electron chi connectivity index (χ3n) is 2.79. The Morgan fingerprint density at radius 1 is 1.15 bits per heavy atom. The summed E-state index contributed by atoms with van der Waals surface area (Å²) < 4.78 is 18.3. The molecule has 2 rings (SSSR count). The van der Waals surface area contributed by atoms with Crippen LogP contribution in [0.4, 0.5) is 4.39 Å². The number of Topliss-reactive ketones (excluding diaryl/α,β-unsaturated/α-hetero) is 2. The van der Waals surface area contributed by atoms with Gasteiger partial charge in [0.05, 0.1) is 28.3 Å². The van der Waals surface area contributed by atoms with Gasteiger partial charge in [-0.3, -0.25) is 9.59 Å². The van der Waals surface area contributed by atoms with Crippen molar-refractivity contribution in [3.63, 3.8) is 0 Å². The molecule has 0 amide bonds. The Kier molecular flexibility index (Phi) is 4.26. The number of hydrogen-bond acceptors (Lipinski definition) is 3. The van der Waals surface area contributed by atoms with Crippen LogP contribution in [-0.4, -0.2) is 11.6 Å². The second kappa shape index (κ2) is 5.77. The standard InChI is InChI=1S/C14H9Cl2FO3/c1-7-8(2-3-20-7)13(18)6-14(19)9-4-12(17)11(16)5-10(9)15/h2-5H,6H2,1H3. The van der Waals surface area contributed by atoms with Crippen LogP contribution < -0.4 is 0 Å². The van der Waals surface area contributed by atoms with Gasteiger partial charge in [0, 0.05) is 5.56 Å². The van der Waals surface area contributed by atoms with Gasteiger partial charge in [0.25, 0.3) is 0 Å². The average Bonchev–Trinajstić information content (AvgIpc) is 2.80. The lowest BCUT2D eigenvalue weighted by atomic mass is 10.0. The molecular weight excluding hydrogens is 306 g/mol. The lowest BCUT2D eigenvalue weighted by Gasteiger charge is -2.04. The summed E-state index contributed by atoms with van der Waals surface area (Å²) >= 11 is 11.4. The van der Waals surface area contributed by atoms with Crippen molar-refractivity contribution < 1.29 is 18.4 Å². The van der Waals surface area contributed by atoms with E-state index in [9.17, 15) is 14.0 Å². The Hall–Kier alpha value is -1.65. The number of ketones is 2. The molecule has 0 bridgehead atoms. The summed E-state index contributed by atoms with van der Waals surface area (Å²) in [5, 5.41) is -0.165. The predicted molar refractivity (Wildman–Crippen MR) is 73.1 cm³/mol. The van der Waals surface area contributed by atoms with Gasteiger partial charge in [0.15, 0.2) is 11.6 Å². The molecule has 0 saturated heterocycles. The number of hydrogen-bond donors (Lipinski definition) is 0. The van der Waals surface area contributed by atoms with Crippen molar-refractivity contribution in [3.05, 3.63) is 57.2 Å². The van der Waals surface area contributed by atoms with E-state index in [1.165, 1.54) is 12.3 Å². The summed E-state index contributed by atoms with van der Waals surface area (Å²) in [7, 11) is 0. The van der Waals surface area contributed by atoms with Crippen molar-refractivity contribution in [2.75, 3.05) is 0 Å². The lowest BCUT2D eigenvalue weighted by Crippen LogP contribution is -2.09. The largest absolute Gasteiger partial charge is 0.469 e. The zero-order chi connectivity index (χ0) is 14.9. The topological polar surface area (TPSA) is 47.3 Å². The molecule has 0 N–H and O–H groups in total. The van der Waals surface area contributed by atoms with Crippen LogP contribution in [0, 0.1) is 12.7 Å². The summed E-state index contributed by atoms with van der Waals surface area (Å²) in [6, 6.07) is 3.55. The van der Waals surface area contributed by atoms with Gasteiger partial charge in [0.2, 0.25) is 0 Å². The summed E-state index contributed by atoms with van der Waals surface area (Å²) in [6.07, 6.45) is 0.948. The number of furan rings is 1. The minimum absolute atomic E-state index is 0.0121. The summed E-state index contributed by atoms with van der Waals surface area (Å²) in [6.45, 7) is 1.62. The average molecular weight is 315 g/mol. The van der Waals surface area contributed by atoms with E-state index in [4.69, 9.17) is 27.6 Å². The van der Waals surface area contributed by atoms with Crippen LogP contribution in [0.1, 0.15) is 32.9 Å². The minimum Gasteiger partial charge on any atom is -0.469 e. The highest BCUT2D eigenvalue weighted by Crippen LogP contribution is 2.26. The Labute approximate surface area is 124 Å². The molecule has 0 aliphatic rings. The molecule has 0 unspecified atom stereocenters. The van der Waals surface area contributed by atoms with Crippen LogP contribution in [0.2, 0.25) is 10.0 Å². The van der Waals surface area contributed by atoms with Crippen molar-refractivity contribution in [3.8, 4) is 0 Å². The van der Waals surface area contributed by atoms with E-state index in [-0.39, 0.29) is 15.6 Å². The molecule has 0 atom stereocenters. The number of halogens is 3. The fraction of sp³-hybridized carbons (Fsp3) is 0.143. The molecule has 1 aromatic heterocycles. The number of carbonyl (C=O) groups is 2. The number of benzene rings is 1. The Bertz CT molecular complexity index is 692. The van der Waals surface area contributed by atoms with Crippen LogP contribution in [-0.2, 0) is 0 Å². The molecule has 0 saturated carbocycles. The molecule has 0 fully saturated rings. The molecule has 1 aromatic carbocycles. The van der Waals surface area contributed by atoms with E-state index in [0.717, 1.165) is 12.1 Å². The van der Waals surface area contributed by atoms with Gasteiger partial charge >= 0.3 is 0 Å². The first-order chi connectivity index (χ1) is 9.40. The highest BCUT2D eigenvalue weighted by molar-refractivity contribution is 6.37. The van der Waals surface area contributed by atoms with Gasteiger partial charge in [-0.1, -0.05) is 23.2 Å². The SMILES string of the molecule is Cc1occc1C(=O)CC(=O)c1cc(F)c(Cl)cc1Cl. The molecule has 0 aliphatic heterocycles. The van der Waals surface area contributed by atoms with E-state index < -0.39 is 23.8 Å². The van der Waals surface area contributed by atoms with Gasteiger partial charge in [-0.25, -0.2) is 4.39 Å².